The fourth-order valence-corrected chi connectivity index (χ4v) is 8.69. The number of carbonyl (C=O) groups excluding carboxylic acids is 3. The van der Waals surface area contributed by atoms with Crippen molar-refractivity contribution in [2.75, 3.05) is 13.2 Å². The monoisotopic (exact) mass is 941 g/mol. The van der Waals surface area contributed by atoms with Crippen molar-refractivity contribution in [2.45, 2.75) is 322 Å². The highest BCUT2D eigenvalue weighted by Crippen LogP contribution is 2.17. The van der Waals surface area contributed by atoms with E-state index in [-0.39, 0.29) is 31.1 Å². The first-order valence-electron chi connectivity index (χ1n) is 29.5. The molecule has 0 saturated heterocycles. The van der Waals surface area contributed by atoms with Crippen LogP contribution in [0.3, 0.4) is 0 Å². The van der Waals surface area contributed by atoms with Gasteiger partial charge in [0.05, 0.1) is 0 Å². The number of hydrogen-bond acceptors (Lipinski definition) is 6. The summed E-state index contributed by atoms with van der Waals surface area (Å²) in [5.41, 5.74) is 0. The minimum Gasteiger partial charge on any atom is -0.462 e. The molecule has 0 aromatic heterocycles. The summed E-state index contributed by atoms with van der Waals surface area (Å²) in [5.74, 6) is -0.877. The van der Waals surface area contributed by atoms with E-state index in [2.05, 4.69) is 57.2 Å². The molecule has 6 nitrogen and oxygen atoms in total. The van der Waals surface area contributed by atoms with Gasteiger partial charge in [-0.15, -0.1) is 0 Å². The van der Waals surface area contributed by atoms with Crippen molar-refractivity contribution in [1.29, 1.82) is 0 Å². The van der Waals surface area contributed by atoms with Crippen LogP contribution in [0.5, 0.6) is 0 Å². The van der Waals surface area contributed by atoms with E-state index < -0.39 is 6.10 Å². The molecule has 0 aromatic rings. The summed E-state index contributed by atoms with van der Waals surface area (Å²) < 4.78 is 16.9. The Bertz CT molecular complexity index is 1130. The summed E-state index contributed by atoms with van der Waals surface area (Å²) in [4.78, 5) is 38.1. The van der Waals surface area contributed by atoms with Gasteiger partial charge in [-0.2, -0.15) is 0 Å². The number of esters is 3. The molecule has 0 rings (SSSR count). The van der Waals surface area contributed by atoms with Gasteiger partial charge >= 0.3 is 17.9 Å². The lowest BCUT2D eigenvalue weighted by Crippen LogP contribution is -2.30. The van der Waals surface area contributed by atoms with E-state index >= 15 is 0 Å². The third-order valence-electron chi connectivity index (χ3n) is 13.1. The van der Waals surface area contributed by atoms with Crippen LogP contribution in [0.1, 0.15) is 316 Å². The fraction of sp³-hybridized carbons (Fsp3) is 0.852. The van der Waals surface area contributed by atoms with Gasteiger partial charge in [-0.05, 0) is 57.8 Å². The Labute approximate surface area is 416 Å². The smallest absolute Gasteiger partial charge is 0.306 e. The maximum absolute atomic E-state index is 12.8. The van der Waals surface area contributed by atoms with Crippen molar-refractivity contribution >= 4 is 17.9 Å². The number of rotatable bonds is 54. The van der Waals surface area contributed by atoms with E-state index in [9.17, 15) is 14.4 Å². The number of allylic oxidation sites excluding steroid dienone is 6. The lowest BCUT2D eigenvalue weighted by Gasteiger charge is -2.18. The van der Waals surface area contributed by atoms with Crippen LogP contribution in [0.4, 0.5) is 0 Å². The predicted octanol–water partition coefficient (Wildman–Crippen LogP) is 19.7. The maximum Gasteiger partial charge on any atom is 0.306 e. The van der Waals surface area contributed by atoms with Gasteiger partial charge in [0.15, 0.2) is 6.10 Å². The molecule has 1 atom stereocenters. The quantitative estimate of drug-likeness (QED) is 0.0262. The Hall–Kier alpha value is -2.37. The summed E-state index contributed by atoms with van der Waals surface area (Å²) in [6.07, 6.45) is 67.1. The second-order valence-corrected chi connectivity index (χ2v) is 19.9. The van der Waals surface area contributed by atoms with Crippen LogP contribution >= 0.6 is 0 Å². The van der Waals surface area contributed by atoms with Crippen molar-refractivity contribution in [2.24, 2.45) is 0 Å². The van der Waals surface area contributed by atoms with E-state index in [1.165, 1.54) is 193 Å². The van der Waals surface area contributed by atoms with Crippen molar-refractivity contribution in [3.05, 3.63) is 36.5 Å². The molecule has 0 saturated carbocycles. The first kappa shape index (κ1) is 64.6. The third kappa shape index (κ3) is 54.4. The molecule has 0 N–H and O–H groups in total. The van der Waals surface area contributed by atoms with Crippen LogP contribution < -0.4 is 0 Å². The number of unbranched alkanes of at least 4 members (excludes halogenated alkanes) is 37. The van der Waals surface area contributed by atoms with Gasteiger partial charge in [-0.1, -0.05) is 276 Å². The Morgan fingerprint density at radius 2 is 0.537 bits per heavy atom. The highest BCUT2D eigenvalue weighted by molar-refractivity contribution is 5.71. The van der Waals surface area contributed by atoms with Gasteiger partial charge in [-0.25, -0.2) is 0 Å². The van der Waals surface area contributed by atoms with Crippen LogP contribution in [0.25, 0.3) is 0 Å². The zero-order valence-corrected chi connectivity index (χ0v) is 44.9. The van der Waals surface area contributed by atoms with Gasteiger partial charge in [0.25, 0.3) is 0 Å². The van der Waals surface area contributed by atoms with E-state index in [0.29, 0.717) is 19.3 Å². The number of carbonyl (C=O) groups is 3. The molecular formula is C61H112O6. The molecular weight excluding hydrogens is 829 g/mol. The summed E-state index contributed by atoms with van der Waals surface area (Å²) in [5, 5.41) is 0. The fourth-order valence-electron chi connectivity index (χ4n) is 8.69. The highest BCUT2D eigenvalue weighted by Gasteiger charge is 2.19. The van der Waals surface area contributed by atoms with Crippen molar-refractivity contribution < 1.29 is 28.6 Å². The first-order valence-corrected chi connectivity index (χ1v) is 29.5. The number of ether oxygens (including phenoxy) is 3. The topological polar surface area (TPSA) is 78.9 Å². The molecule has 0 amide bonds. The second kappa shape index (κ2) is 56.2. The zero-order chi connectivity index (χ0) is 48.6. The lowest BCUT2D eigenvalue weighted by molar-refractivity contribution is -0.167. The van der Waals surface area contributed by atoms with Gasteiger partial charge < -0.3 is 14.2 Å². The molecule has 6 heteroatoms. The Morgan fingerprint density at radius 1 is 0.299 bits per heavy atom. The minimum atomic E-state index is -0.777. The molecule has 0 fully saturated rings. The molecule has 392 valence electrons. The summed E-state index contributed by atoms with van der Waals surface area (Å²) in [6, 6.07) is 0. The van der Waals surface area contributed by atoms with Gasteiger partial charge in [0, 0.05) is 19.3 Å². The Balaban J connectivity index is 4.33. The van der Waals surface area contributed by atoms with Crippen molar-refractivity contribution in [3.63, 3.8) is 0 Å². The molecule has 0 aromatic carbocycles. The largest absolute Gasteiger partial charge is 0.462 e. The van der Waals surface area contributed by atoms with Gasteiger partial charge in [0.2, 0.25) is 0 Å². The Kier molecular flexibility index (Phi) is 54.2. The highest BCUT2D eigenvalue weighted by atomic mass is 16.6. The SMILES string of the molecule is CCCCC/C=C\C/C=C\C/C=C\CCCCCCC(=O)OC[C@H](COC(=O)CCCCCCCCCCCCCCCCCCCCC)OC(=O)CCCCCCCCCCCCCCC. The standard InChI is InChI=1S/C61H112O6/c1-4-7-10-13-16-19-22-25-27-29-30-32-34-37-39-42-45-48-51-54-60(63)66-57-58(67-61(64)55-52-49-46-43-40-35-24-21-18-15-12-9-6-3)56-65-59(62)53-50-47-44-41-38-36-33-31-28-26-23-20-17-14-11-8-5-2/h17,20,26,28,33,36,58H,4-16,18-19,21-25,27,29-32,34-35,37-57H2,1-3H3/b20-17-,28-26-,36-33-/t58-/m1/s1. The molecule has 0 radical (unpaired) electrons. The normalized spacial score (nSPS) is 12.2. The lowest BCUT2D eigenvalue weighted by atomic mass is 10.0. The van der Waals surface area contributed by atoms with Gasteiger partial charge in [0.1, 0.15) is 13.2 Å². The molecule has 67 heavy (non-hydrogen) atoms. The van der Waals surface area contributed by atoms with E-state index in [1.54, 1.807) is 0 Å². The van der Waals surface area contributed by atoms with Crippen molar-refractivity contribution in [1.82, 2.24) is 0 Å². The molecule has 0 aliphatic rings. The molecule has 0 spiro atoms. The molecule has 0 aliphatic heterocycles. The zero-order valence-electron chi connectivity index (χ0n) is 44.9. The average molecular weight is 942 g/mol. The van der Waals surface area contributed by atoms with Gasteiger partial charge in [-0.3, -0.25) is 14.4 Å². The van der Waals surface area contributed by atoms with Crippen LogP contribution in [0, 0.1) is 0 Å². The number of hydrogen-bond donors (Lipinski definition) is 0. The first-order chi connectivity index (χ1) is 33.0. The molecule has 0 heterocycles. The van der Waals surface area contributed by atoms with E-state index in [4.69, 9.17) is 14.2 Å². The summed E-state index contributed by atoms with van der Waals surface area (Å²) >= 11 is 0. The Morgan fingerprint density at radius 3 is 0.866 bits per heavy atom. The average Bonchev–Trinajstić information content (AvgIpc) is 3.33. The summed E-state index contributed by atoms with van der Waals surface area (Å²) in [7, 11) is 0. The second-order valence-electron chi connectivity index (χ2n) is 19.9. The van der Waals surface area contributed by atoms with Crippen LogP contribution in [0.15, 0.2) is 36.5 Å². The molecule has 0 bridgehead atoms. The molecule has 0 aliphatic carbocycles. The minimum absolute atomic E-state index is 0.0743. The van der Waals surface area contributed by atoms with Crippen molar-refractivity contribution in [3.8, 4) is 0 Å². The van der Waals surface area contributed by atoms with Crippen LogP contribution in [-0.2, 0) is 28.6 Å². The van der Waals surface area contributed by atoms with Crippen LogP contribution in [-0.4, -0.2) is 37.2 Å². The van der Waals surface area contributed by atoms with Crippen LogP contribution in [0.2, 0.25) is 0 Å². The predicted molar refractivity (Wildman–Crippen MR) is 289 cm³/mol. The third-order valence-corrected chi connectivity index (χ3v) is 13.1. The van der Waals surface area contributed by atoms with E-state index in [0.717, 1.165) is 83.5 Å². The van der Waals surface area contributed by atoms with E-state index in [1.807, 2.05) is 0 Å². The maximum atomic E-state index is 12.8. The summed E-state index contributed by atoms with van der Waals surface area (Å²) in [6.45, 7) is 6.64. The molecule has 0 unspecified atom stereocenters.